The van der Waals surface area contributed by atoms with Crippen LogP contribution in [-0.4, -0.2) is 6.54 Å². The number of halogens is 1. The highest BCUT2D eigenvalue weighted by Crippen LogP contribution is 2.45. The first-order valence-corrected chi connectivity index (χ1v) is 8.16. The van der Waals surface area contributed by atoms with Gasteiger partial charge in [-0.2, -0.15) is 0 Å². The number of nitrogens with one attached hydrogen (secondary N) is 1. The van der Waals surface area contributed by atoms with E-state index in [1.54, 1.807) is 0 Å². The van der Waals surface area contributed by atoms with Crippen LogP contribution in [0.25, 0.3) is 21.9 Å². The van der Waals surface area contributed by atoms with Gasteiger partial charge in [-0.1, -0.05) is 0 Å². The molecule has 1 unspecified atom stereocenters. The molecule has 0 spiro atoms. The van der Waals surface area contributed by atoms with Gasteiger partial charge in [-0.05, 0) is 68.2 Å². The summed E-state index contributed by atoms with van der Waals surface area (Å²) in [6.07, 6.45) is 2.30. The second-order valence-electron chi connectivity index (χ2n) is 6.25. The third kappa shape index (κ3) is 1.82. The van der Waals surface area contributed by atoms with E-state index in [0.717, 1.165) is 50.9 Å². The van der Waals surface area contributed by atoms with E-state index in [9.17, 15) is 0 Å². The number of hydrogen-bond donors (Lipinski definition) is 1. The van der Waals surface area contributed by atoms with E-state index in [1.807, 2.05) is 13.8 Å². The lowest BCUT2D eigenvalue weighted by Crippen LogP contribution is -2.33. The molecule has 2 aromatic heterocycles. The van der Waals surface area contributed by atoms with Crippen LogP contribution in [0.1, 0.15) is 36.8 Å². The smallest absolute Gasteiger partial charge is 0.149 e. The van der Waals surface area contributed by atoms with Gasteiger partial charge in [0.1, 0.15) is 22.7 Å². The Morgan fingerprint density at radius 2 is 1.76 bits per heavy atom. The van der Waals surface area contributed by atoms with Crippen molar-refractivity contribution >= 4 is 37.9 Å². The molecule has 1 aromatic carbocycles. The quantitative estimate of drug-likeness (QED) is 0.660. The zero-order valence-corrected chi connectivity index (χ0v) is 14.1. The molecular weight excluding hydrogens is 330 g/mol. The lowest BCUT2D eigenvalue weighted by atomic mass is 9.87. The first kappa shape index (κ1) is 13.4. The van der Waals surface area contributed by atoms with Gasteiger partial charge in [0.15, 0.2) is 0 Å². The highest BCUT2D eigenvalue weighted by atomic mass is 79.9. The van der Waals surface area contributed by atoms with Crippen LogP contribution in [0.5, 0.6) is 0 Å². The van der Waals surface area contributed by atoms with Crippen molar-refractivity contribution in [3.05, 3.63) is 33.7 Å². The number of aryl methyl sites for hydroxylation is 2. The summed E-state index contributed by atoms with van der Waals surface area (Å²) in [5, 5.41) is 5.90. The van der Waals surface area contributed by atoms with Crippen LogP contribution in [0.2, 0.25) is 0 Å². The van der Waals surface area contributed by atoms with Crippen LogP contribution in [0, 0.1) is 13.8 Å². The van der Waals surface area contributed by atoms with E-state index in [0.29, 0.717) is 0 Å². The fourth-order valence-electron chi connectivity index (χ4n) is 3.63. The average Bonchev–Trinajstić information content (AvgIpc) is 3.09. The second kappa shape index (κ2) is 4.37. The molecule has 0 aliphatic carbocycles. The van der Waals surface area contributed by atoms with E-state index in [1.165, 1.54) is 12.0 Å². The van der Waals surface area contributed by atoms with Gasteiger partial charge >= 0.3 is 0 Å². The van der Waals surface area contributed by atoms with E-state index < -0.39 is 0 Å². The molecule has 1 atom stereocenters. The SMILES string of the molecule is Cc1cc2c(C3(C)CCCN3)c3oc(C)cc3c(Br)c2o1. The molecule has 3 nitrogen and oxygen atoms in total. The Kier molecular flexibility index (Phi) is 2.79. The maximum absolute atomic E-state index is 6.06. The lowest BCUT2D eigenvalue weighted by Gasteiger charge is -2.26. The van der Waals surface area contributed by atoms with Crippen LogP contribution in [-0.2, 0) is 5.54 Å². The Morgan fingerprint density at radius 1 is 1.10 bits per heavy atom. The van der Waals surface area contributed by atoms with Crippen molar-refractivity contribution in [1.29, 1.82) is 0 Å². The maximum Gasteiger partial charge on any atom is 0.149 e. The molecule has 21 heavy (non-hydrogen) atoms. The molecule has 0 saturated carbocycles. The van der Waals surface area contributed by atoms with Crippen LogP contribution in [0.4, 0.5) is 0 Å². The summed E-state index contributed by atoms with van der Waals surface area (Å²) in [5.41, 5.74) is 3.08. The van der Waals surface area contributed by atoms with Crippen LogP contribution < -0.4 is 5.32 Å². The predicted octanol–water partition coefficient (Wildman–Crippen LogP) is 5.16. The van der Waals surface area contributed by atoms with Crippen molar-refractivity contribution < 1.29 is 8.83 Å². The van der Waals surface area contributed by atoms with Gasteiger partial charge in [-0.25, -0.2) is 0 Å². The van der Waals surface area contributed by atoms with Crippen molar-refractivity contribution in [3.63, 3.8) is 0 Å². The topological polar surface area (TPSA) is 38.3 Å². The van der Waals surface area contributed by atoms with Crippen molar-refractivity contribution in [3.8, 4) is 0 Å². The summed E-state index contributed by atoms with van der Waals surface area (Å²) >= 11 is 3.70. The van der Waals surface area contributed by atoms with Crippen molar-refractivity contribution in [2.75, 3.05) is 6.54 Å². The summed E-state index contributed by atoms with van der Waals surface area (Å²) in [7, 11) is 0. The fraction of sp³-hybridized carbons (Fsp3) is 0.412. The van der Waals surface area contributed by atoms with E-state index in [4.69, 9.17) is 8.83 Å². The molecule has 0 amide bonds. The van der Waals surface area contributed by atoms with Gasteiger partial charge in [0.05, 0.1) is 4.47 Å². The molecule has 3 heterocycles. The Labute approximate surface area is 131 Å². The monoisotopic (exact) mass is 347 g/mol. The van der Waals surface area contributed by atoms with Crippen LogP contribution in [0.3, 0.4) is 0 Å². The largest absolute Gasteiger partial charge is 0.461 e. The number of hydrogen-bond acceptors (Lipinski definition) is 3. The summed E-state index contributed by atoms with van der Waals surface area (Å²) in [6, 6.07) is 4.20. The van der Waals surface area contributed by atoms with Crippen molar-refractivity contribution in [2.45, 2.75) is 39.2 Å². The lowest BCUT2D eigenvalue weighted by molar-refractivity contribution is 0.433. The standard InChI is InChI=1S/C17H18BrNO2/c1-9-7-11-13(17(3)5-4-6-19-17)15-12(8-10(2)20-15)14(18)16(11)21-9/h7-8,19H,4-6H2,1-3H3. The number of furan rings is 2. The molecule has 1 aliphatic rings. The summed E-state index contributed by atoms with van der Waals surface area (Å²) in [4.78, 5) is 0. The molecule has 4 rings (SSSR count). The number of rotatable bonds is 1. The first-order chi connectivity index (χ1) is 9.99. The fourth-order valence-corrected chi connectivity index (χ4v) is 4.22. The minimum absolute atomic E-state index is 0.0577. The van der Waals surface area contributed by atoms with Gasteiger partial charge in [-0.3, -0.25) is 0 Å². The van der Waals surface area contributed by atoms with Gasteiger partial charge in [0, 0.05) is 21.9 Å². The molecule has 1 fully saturated rings. The highest BCUT2D eigenvalue weighted by molar-refractivity contribution is 9.10. The Balaban J connectivity index is 2.20. The van der Waals surface area contributed by atoms with E-state index >= 15 is 0 Å². The number of fused-ring (bicyclic) bond motifs is 2. The summed E-state index contributed by atoms with van der Waals surface area (Å²) in [6.45, 7) is 7.30. The Bertz CT molecular complexity index is 795. The minimum Gasteiger partial charge on any atom is -0.461 e. The Morgan fingerprint density at radius 3 is 2.43 bits per heavy atom. The van der Waals surface area contributed by atoms with Crippen LogP contribution in [0.15, 0.2) is 25.4 Å². The third-order valence-corrected chi connectivity index (χ3v) is 5.35. The third-order valence-electron chi connectivity index (χ3n) is 4.56. The van der Waals surface area contributed by atoms with E-state index in [2.05, 4.69) is 40.3 Å². The predicted molar refractivity (Wildman–Crippen MR) is 87.7 cm³/mol. The van der Waals surface area contributed by atoms with Gasteiger partial charge in [0.25, 0.3) is 0 Å². The molecule has 1 saturated heterocycles. The molecule has 3 aromatic rings. The van der Waals surface area contributed by atoms with Crippen molar-refractivity contribution in [1.82, 2.24) is 5.32 Å². The van der Waals surface area contributed by atoms with Crippen LogP contribution >= 0.6 is 15.9 Å². The van der Waals surface area contributed by atoms with Gasteiger partial charge in [0.2, 0.25) is 0 Å². The number of benzene rings is 1. The zero-order valence-electron chi connectivity index (χ0n) is 12.5. The first-order valence-electron chi connectivity index (χ1n) is 7.37. The summed E-state index contributed by atoms with van der Waals surface area (Å²) < 4.78 is 13.0. The summed E-state index contributed by atoms with van der Waals surface area (Å²) in [5.74, 6) is 1.86. The second-order valence-corrected chi connectivity index (χ2v) is 7.04. The average molecular weight is 348 g/mol. The highest BCUT2D eigenvalue weighted by Gasteiger charge is 2.36. The maximum atomic E-state index is 6.06. The molecule has 0 radical (unpaired) electrons. The zero-order chi connectivity index (χ0) is 14.8. The normalized spacial score (nSPS) is 22.7. The van der Waals surface area contributed by atoms with Crippen molar-refractivity contribution in [2.24, 2.45) is 0 Å². The molecule has 1 aliphatic heterocycles. The van der Waals surface area contributed by atoms with Gasteiger partial charge < -0.3 is 14.2 Å². The minimum atomic E-state index is -0.0577. The molecular formula is C17H18BrNO2. The molecule has 110 valence electrons. The molecule has 4 heteroatoms. The van der Waals surface area contributed by atoms with E-state index in [-0.39, 0.29) is 5.54 Å². The van der Waals surface area contributed by atoms with Gasteiger partial charge in [-0.15, -0.1) is 0 Å². The molecule has 0 bridgehead atoms. The molecule has 1 N–H and O–H groups in total. The Hall–Kier alpha value is -1.26.